The van der Waals surface area contributed by atoms with Crippen LogP contribution in [0.4, 0.5) is 0 Å². The van der Waals surface area contributed by atoms with E-state index < -0.39 is 0 Å². The third-order valence-electron chi connectivity index (χ3n) is 6.13. The third-order valence-corrected chi connectivity index (χ3v) is 7.47. The maximum atomic E-state index is 12.6. The van der Waals surface area contributed by atoms with Gasteiger partial charge in [-0.2, -0.15) is 0 Å². The molecule has 1 fully saturated rings. The molecule has 0 saturated carbocycles. The number of oxime groups is 1. The first-order valence-electron chi connectivity index (χ1n) is 11.4. The summed E-state index contributed by atoms with van der Waals surface area (Å²) < 4.78 is 10.8. The molecule has 3 aromatic rings. The number of piperidine rings is 1. The van der Waals surface area contributed by atoms with E-state index in [1.807, 2.05) is 28.5 Å². The smallest absolute Gasteiger partial charge is 0.260 e. The summed E-state index contributed by atoms with van der Waals surface area (Å²) in [6, 6.07) is 12.1. The second-order valence-corrected chi connectivity index (χ2v) is 9.59. The average molecular weight is 512 g/mol. The minimum absolute atomic E-state index is 0.0594. The lowest BCUT2D eigenvalue weighted by molar-refractivity contribution is -0.134. The summed E-state index contributed by atoms with van der Waals surface area (Å²) in [5, 5.41) is 7.98. The van der Waals surface area contributed by atoms with Crippen molar-refractivity contribution in [2.45, 2.75) is 31.3 Å². The van der Waals surface area contributed by atoms with Crippen molar-refractivity contribution in [3.8, 4) is 11.6 Å². The van der Waals surface area contributed by atoms with E-state index in [4.69, 9.17) is 30.9 Å². The minimum Gasteiger partial charge on any atom is -0.491 e. The van der Waals surface area contributed by atoms with E-state index in [0.717, 1.165) is 34.8 Å². The van der Waals surface area contributed by atoms with Crippen LogP contribution in [0.3, 0.4) is 0 Å². The van der Waals surface area contributed by atoms with Gasteiger partial charge in [0.15, 0.2) is 18.5 Å². The van der Waals surface area contributed by atoms with Crippen molar-refractivity contribution in [1.82, 2.24) is 14.9 Å². The Labute approximate surface area is 212 Å². The molecule has 0 spiro atoms. The fourth-order valence-electron chi connectivity index (χ4n) is 4.20. The van der Waals surface area contributed by atoms with E-state index in [1.54, 1.807) is 36.8 Å². The van der Waals surface area contributed by atoms with Crippen LogP contribution >= 0.6 is 22.9 Å². The number of carbonyl (C=O) groups is 1. The molecule has 5 rings (SSSR count). The summed E-state index contributed by atoms with van der Waals surface area (Å²) in [4.78, 5) is 29.1. The maximum absolute atomic E-state index is 12.6. The van der Waals surface area contributed by atoms with Gasteiger partial charge in [0.05, 0.1) is 17.8 Å². The number of pyridine rings is 1. The van der Waals surface area contributed by atoms with Gasteiger partial charge in [-0.25, -0.2) is 9.97 Å². The lowest BCUT2D eigenvalue weighted by atomic mass is 9.97. The Kier molecular flexibility index (Phi) is 7.15. The maximum Gasteiger partial charge on any atom is 0.260 e. The lowest BCUT2D eigenvalue weighted by Gasteiger charge is -2.31. The van der Waals surface area contributed by atoms with Crippen LogP contribution in [0.2, 0.25) is 5.02 Å². The summed E-state index contributed by atoms with van der Waals surface area (Å²) in [6.07, 6.45) is 3.68. The van der Waals surface area contributed by atoms with Crippen molar-refractivity contribution in [3.63, 3.8) is 0 Å². The standard InChI is InChI=1S/C25H24ClN4O4S/c1-32-21-7-4-10-27-24(21)33-14-23(31)30-11-8-16(9-12-30)25-28-20(15-35-25)19-13-22(34-29-19)17-5-2-3-6-18(17)26/h2-4,6-7,10,15-16,22H,8-9,11-14H2,1H3. The highest BCUT2D eigenvalue weighted by atomic mass is 35.5. The highest BCUT2D eigenvalue weighted by molar-refractivity contribution is 7.10. The van der Waals surface area contributed by atoms with Gasteiger partial charge in [-0.05, 0) is 37.1 Å². The molecular formula is C25H24ClN4O4S. The average Bonchev–Trinajstić information content (AvgIpc) is 3.58. The number of aromatic nitrogens is 2. The molecule has 8 nitrogen and oxygen atoms in total. The number of hydrogen-bond acceptors (Lipinski definition) is 8. The molecule has 0 N–H and O–H groups in total. The van der Waals surface area contributed by atoms with Gasteiger partial charge < -0.3 is 19.2 Å². The first kappa shape index (κ1) is 23.6. The fourth-order valence-corrected chi connectivity index (χ4v) is 5.45. The lowest BCUT2D eigenvalue weighted by Crippen LogP contribution is -2.40. The Morgan fingerprint density at radius 1 is 1.31 bits per heavy atom. The Hall–Kier alpha value is -3.17. The van der Waals surface area contributed by atoms with Crippen molar-refractivity contribution in [2.24, 2.45) is 5.16 Å². The molecule has 1 unspecified atom stereocenters. The molecule has 1 aromatic carbocycles. The van der Waals surface area contributed by atoms with E-state index in [1.165, 1.54) is 0 Å². The van der Waals surface area contributed by atoms with E-state index in [9.17, 15) is 4.79 Å². The van der Waals surface area contributed by atoms with Gasteiger partial charge in [0, 0.05) is 47.6 Å². The predicted octanol–water partition coefficient (Wildman–Crippen LogP) is 4.65. The van der Waals surface area contributed by atoms with Crippen molar-refractivity contribution in [1.29, 1.82) is 0 Å². The Balaban J connectivity index is 1.13. The highest BCUT2D eigenvalue weighted by Crippen LogP contribution is 2.35. The second kappa shape index (κ2) is 10.6. The summed E-state index contributed by atoms with van der Waals surface area (Å²) in [6.45, 7) is 1.26. The van der Waals surface area contributed by atoms with Gasteiger partial charge >= 0.3 is 0 Å². The number of halogens is 1. The van der Waals surface area contributed by atoms with Crippen LogP contribution in [-0.4, -0.2) is 53.3 Å². The number of methoxy groups -OCH3 is 1. The molecule has 181 valence electrons. The molecule has 10 heteroatoms. The van der Waals surface area contributed by atoms with Crippen LogP contribution < -0.4 is 9.47 Å². The second-order valence-electron chi connectivity index (χ2n) is 8.29. The zero-order chi connectivity index (χ0) is 24.2. The van der Waals surface area contributed by atoms with Crippen molar-refractivity contribution in [2.75, 3.05) is 26.8 Å². The number of ether oxygens (including phenoxy) is 2. The number of likely N-dealkylation sites (tertiary alicyclic amines) is 1. The van der Waals surface area contributed by atoms with Gasteiger partial charge in [0.1, 0.15) is 5.71 Å². The minimum atomic E-state index is -0.244. The largest absolute Gasteiger partial charge is 0.491 e. The fraction of sp³-hybridized carbons (Fsp3) is 0.360. The predicted molar refractivity (Wildman–Crippen MR) is 132 cm³/mol. The number of hydrogen-bond donors (Lipinski definition) is 0. The van der Waals surface area contributed by atoms with E-state index in [-0.39, 0.29) is 18.6 Å². The van der Waals surface area contributed by atoms with Crippen molar-refractivity contribution in [3.05, 3.63) is 69.3 Å². The number of carbonyl (C=O) groups excluding carboxylic acids is 1. The monoisotopic (exact) mass is 511 g/mol. The van der Waals surface area contributed by atoms with E-state index in [2.05, 4.69) is 16.2 Å². The molecule has 0 aliphatic carbocycles. The van der Waals surface area contributed by atoms with Gasteiger partial charge in [0.2, 0.25) is 0 Å². The van der Waals surface area contributed by atoms with E-state index >= 15 is 0 Å². The van der Waals surface area contributed by atoms with Gasteiger partial charge in [0.25, 0.3) is 11.8 Å². The topological polar surface area (TPSA) is 86.1 Å². The number of thiazole rings is 1. The van der Waals surface area contributed by atoms with Crippen LogP contribution in [0.25, 0.3) is 0 Å². The molecule has 1 amide bonds. The molecule has 2 aliphatic heterocycles. The summed E-state index contributed by atoms with van der Waals surface area (Å²) in [5.41, 5.74) is 2.47. The molecule has 35 heavy (non-hydrogen) atoms. The highest BCUT2D eigenvalue weighted by Gasteiger charge is 2.29. The number of rotatable bonds is 7. The van der Waals surface area contributed by atoms with Crippen molar-refractivity contribution < 1.29 is 19.1 Å². The normalized spacial score (nSPS) is 18.2. The molecule has 0 bridgehead atoms. The molecule has 4 heterocycles. The third kappa shape index (κ3) is 5.26. The summed E-state index contributed by atoms with van der Waals surface area (Å²) >= 11 is 7.91. The Morgan fingerprint density at radius 2 is 2.17 bits per heavy atom. The Bertz CT molecular complexity index is 1230. The van der Waals surface area contributed by atoms with Crippen LogP contribution in [0.15, 0.2) is 47.1 Å². The Morgan fingerprint density at radius 3 is 2.97 bits per heavy atom. The van der Waals surface area contributed by atoms with E-state index in [0.29, 0.717) is 42.1 Å². The zero-order valence-electron chi connectivity index (χ0n) is 19.1. The number of benzene rings is 1. The molecule has 1 radical (unpaired) electrons. The first-order valence-corrected chi connectivity index (χ1v) is 12.6. The molecule has 2 aromatic heterocycles. The number of nitrogens with zero attached hydrogens (tertiary/aromatic N) is 4. The van der Waals surface area contributed by atoms with Gasteiger partial charge in [-0.15, -0.1) is 11.3 Å². The van der Waals surface area contributed by atoms with Crippen LogP contribution in [0.5, 0.6) is 11.6 Å². The quantitative estimate of drug-likeness (QED) is 0.459. The number of amides is 1. The van der Waals surface area contributed by atoms with Crippen LogP contribution in [0, 0.1) is 6.07 Å². The molecular weight excluding hydrogens is 488 g/mol. The summed E-state index contributed by atoms with van der Waals surface area (Å²) in [7, 11) is 1.54. The SMILES string of the molecule is COc1cccnc1OCC(=O)N1CCC(c2nc(C3=NOC(c4[c]cccc4Cl)C3)cs2)CC1. The van der Waals surface area contributed by atoms with Gasteiger partial charge in [-0.1, -0.05) is 28.9 Å². The van der Waals surface area contributed by atoms with Crippen molar-refractivity contribution >= 4 is 34.6 Å². The first-order chi connectivity index (χ1) is 17.1. The molecule has 1 saturated heterocycles. The molecule has 2 aliphatic rings. The molecule has 1 atom stereocenters. The summed E-state index contributed by atoms with van der Waals surface area (Å²) in [5.74, 6) is 1.08. The van der Waals surface area contributed by atoms with Crippen LogP contribution in [0.1, 0.15) is 47.5 Å². The van der Waals surface area contributed by atoms with Crippen LogP contribution in [-0.2, 0) is 9.63 Å². The zero-order valence-corrected chi connectivity index (χ0v) is 20.7. The van der Waals surface area contributed by atoms with Gasteiger partial charge in [-0.3, -0.25) is 4.79 Å².